The number of methoxy groups -OCH3 is 1. The first-order valence-corrected chi connectivity index (χ1v) is 12.5. The fraction of sp³-hybridized carbons (Fsp3) is 0.385. The summed E-state index contributed by atoms with van der Waals surface area (Å²) in [6.45, 7) is 5.23. The summed E-state index contributed by atoms with van der Waals surface area (Å²) in [5.41, 5.74) is 5.59. The van der Waals surface area contributed by atoms with Crippen LogP contribution in [-0.4, -0.2) is 59.2 Å². The van der Waals surface area contributed by atoms with E-state index in [2.05, 4.69) is 26.7 Å². The van der Waals surface area contributed by atoms with Crippen LogP contribution in [0.4, 0.5) is 11.6 Å². The first kappa shape index (κ1) is 22.1. The second-order valence-electron chi connectivity index (χ2n) is 9.23. The van der Waals surface area contributed by atoms with Crippen LogP contribution in [-0.2, 0) is 11.2 Å². The van der Waals surface area contributed by atoms with Gasteiger partial charge in [0.2, 0.25) is 5.95 Å². The fourth-order valence-corrected chi connectivity index (χ4v) is 5.28. The van der Waals surface area contributed by atoms with E-state index in [4.69, 9.17) is 26.3 Å². The number of piperazine rings is 1. The van der Waals surface area contributed by atoms with Gasteiger partial charge in [0, 0.05) is 59.6 Å². The number of halogens is 1. The van der Waals surface area contributed by atoms with Gasteiger partial charge in [-0.15, -0.1) is 0 Å². The zero-order valence-electron chi connectivity index (χ0n) is 19.8. The molecular weight excluding hydrogens is 464 g/mol. The first-order valence-electron chi connectivity index (χ1n) is 12.1. The van der Waals surface area contributed by atoms with Crippen LogP contribution in [0.15, 0.2) is 30.5 Å². The Morgan fingerprint density at radius 2 is 1.89 bits per heavy atom. The Morgan fingerprint density at radius 3 is 2.60 bits per heavy atom. The molecule has 1 aliphatic heterocycles. The topological polar surface area (TPSA) is 87.2 Å². The van der Waals surface area contributed by atoms with Gasteiger partial charge < -0.3 is 19.5 Å². The number of carbonyl (C=O) groups excluding carboxylic acids is 1. The lowest BCUT2D eigenvalue weighted by Gasteiger charge is -2.36. The molecule has 0 unspecified atom stereocenters. The number of ether oxygens (including phenoxy) is 1. The molecule has 4 aromatic rings. The van der Waals surface area contributed by atoms with Crippen molar-refractivity contribution in [1.82, 2.24) is 19.9 Å². The van der Waals surface area contributed by atoms with Crippen LogP contribution in [0.1, 0.15) is 47.4 Å². The van der Waals surface area contributed by atoms with Gasteiger partial charge in [-0.1, -0.05) is 18.5 Å². The number of pyridine rings is 1. The van der Waals surface area contributed by atoms with E-state index in [1.165, 1.54) is 36.6 Å². The zero-order valence-corrected chi connectivity index (χ0v) is 20.6. The summed E-state index contributed by atoms with van der Waals surface area (Å²) in [4.78, 5) is 34.4. The molecule has 1 saturated heterocycles. The summed E-state index contributed by atoms with van der Waals surface area (Å²) in [7, 11) is 1.37. The molecular formula is C26H27ClN6O2. The van der Waals surface area contributed by atoms with Crippen LogP contribution >= 0.6 is 11.6 Å². The minimum atomic E-state index is -0.452. The minimum absolute atomic E-state index is 0.290. The number of H-pyrrole nitrogens is 1. The molecule has 3 aromatic heterocycles. The van der Waals surface area contributed by atoms with Crippen LogP contribution in [0, 0.1) is 0 Å². The molecule has 1 saturated carbocycles. The van der Waals surface area contributed by atoms with E-state index in [9.17, 15) is 4.79 Å². The summed E-state index contributed by atoms with van der Waals surface area (Å²) in [6, 6.07) is 7.32. The number of esters is 1. The lowest BCUT2D eigenvalue weighted by atomic mass is 10.1. The molecule has 2 aliphatic rings. The van der Waals surface area contributed by atoms with Crippen molar-refractivity contribution in [2.24, 2.45) is 0 Å². The molecule has 0 atom stereocenters. The number of nitrogens with one attached hydrogen (secondary N) is 1. The van der Waals surface area contributed by atoms with Crippen molar-refractivity contribution in [2.75, 3.05) is 43.1 Å². The highest BCUT2D eigenvalue weighted by Gasteiger charge is 2.30. The van der Waals surface area contributed by atoms with Gasteiger partial charge in [-0.05, 0) is 55.0 Å². The van der Waals surface area contributed by atoms with E-state index < -0.39 is 5.97 Å². The average molecular weight is 491 g/mol. The van der Waals surface area contributed by atoms with Gasteiger partial charge in [0.15, 0.2) is 5.69 Å². The van der Waals surface area contributed by atoms with E-state index in [1.807, 2.05) is 18.3 Å². The number of hydrogen-bond acceptors (Lipinski definition) is 7. The molecule has 6 rings (SSSR count). The Labute approximate surface area is 208 Å². The summed E-state index contributed by atoms with van der Waals surface area (Å²) in [6.07, 6.45) is 5.49. The molecule has 1 aliphatic carbocycles. The van der Waals surface area contributed by atoms with Gasteiger partial charge in [-0.3, -0.25) is 0 Å². The molecule has 2 fully saturated rings. The number of anilines is 2. The maximum atomic E-state index is 12.2. The standard InChI is InChI=1S/C26H27ClN6O2/c1-3-19-23(15-4-5-15)18-14-28-26(31-24(18)30-19)33-10-8-32(9-11-33)22-13-21(25(34)35-2)29-20-7-6-16(27)12-17(20)22/h6-7,12-15H,3-5,8-11H2,1-2H3,(H,28,30,31). The van der Waals surface area contributed by atoms with Crippen LogP contribution in [0.25, 0.3) is 21.9 Å². The number of rotatable bonds is 5. The number of aromatic nitrogens is 4. The lowest BCUT2D eigenvalue weighted by Crippen LogP contribution is -2.47. The van der Waals surface area contributed by atoms with Gasteiger partial charge in [0.05, 0.1) is 12.6 Å². The van der Waals surface area contributed by atoms with Gasteiger partial charge >= 0.3 is 5.97 Å². The fourth-order valence-electron chi connectivity index (χ4n) is 5.11. The summed E-state index contributed by atoms with van der Waals surface area (Å²) in [5, 5.41) is 2.72. The molecule has 4 heterocycles. The highest BCUT2D eigenvalue weighted by Crippen LogP contribution is 2.45. The van der Waals surface area contributed by atoms with Crippen LogP contribution < -0.4 is 9.80 Å². The maximum Gasteiger partial charge on any atom is 0.356 e. The maximum absolute atomic E-state index is 12.2. The smallest absolute Gasteiger partial charge is 0.356 e. The molecule has 180 valence electrons. The zero-order chi connectivity index (χ0) is 24.1. The molecule has 8 nitrogen and oxygen atoms in total. The third-order valence-corrected chi connectivity index (χ3v) is 7.28. The van der Waals surface area contributed by atoms with Gasteiger partial charge in [-0.25, -0.2) is 14.8 Å². The Morgan fingerprint density at radius 1 is 1.11 bits per heavy atom. The van der Waals surface area contributed by atoms with Crippen molar-refractivity contribution in [3.05, 3.63) is 52.4 Å². The van der Waals surface area contributed by atoms with E-state index >= 15 is 0 Å². The average Bonchev–Trinajstić information content (AvgIpc) is 3.66. The van der Waals surface area contributed by atoms with Crippen molar-refractivity contribution in [3.63, 3.8) is 0 Å². The van der Waals surface area contributed by atoms with Crippen LogP contribution in [0.2, 0.25) is 5.02 Å². The Kier molecular flexibility index (Phi) is 5.48. The number of aryl methyl sites for hydroxylation is 1. The number of benzene rings is 1. The molecule has 0 amide bonds. The SMILES string of the molecule is CCc1[nH]c2nc(N3CCN(c4cc(C(=O)OC)nc5ccc(Cl)cc45)CC3)ncc2c1C1CC1. The third kappa shape index (κ3) is 3.95. The van der Waals surface area contributed by atoms with Crippen molar-refractivity contribution in [1.29, 1.82) is 0 Å². The van der Waals surface area contributed by atoms with Crippen LogP contribution in [0.3, 0.4) is 0 Å². The predicted molar refractivity (Wildman–Crippen MR) is 138 cm³/mol. The quantitative estimate of drug-likeness (QED) is 0.405. The van der Waals surface area contributed by atoms with E-state index in [0.717, 1.165) is 55.3 Å². The summed E-state index contributed by atoms with van der Waals surface area (Å²) < 4.78 is 4.92. The van der Waals surface area contributed by atoms with Gasteiger partial charge in [-0.2, -0.15) is 4.98 Å². The van der Waals surface area contributed by atoms with Crippen LogP contribution in [0.5, 0.6) is 0 Å². The van der Waals surface area contributed by atoms with E-state index in [0.29, 0.717) is 22.2 Å². The largest absolute Gasteiger partial charge is 0.464 e. The van der Waals surface area contributed by atoms with Crippen molar-refractivity contribution < 1.29 is 9.53 Å². The molecule has 35 heavy (non-hydrogen) atoms. The lowest BCUT2D eigenvalue weighted by molar-refractivity contribution is 0.0594. The second kappa shape index (κ2) is 8.68. The number of nitrogens with zero attached hydrogens (tertiary/aromatic N) is 5. The Hall–Kier alpha value is -3.39. The molecule has 0 radical (unpaired) electrons. The summed E-state index contributed by atoms with van der Waals surface area (Å²) in [5.74, 6) is 0.961. The number of hydrogen-bond donors (Lipinski definition) is 1. The molecule has 0 spiro atoms. The highest BCUT2D eigenvalue weighted by atomic mass is 35.5. The Bertz CT molecular complexity index is 1440. The molecule has 0 bridgehead atoms. The molecule has 9 heteroatoms. The number of fused-ring (bicyclic) bond motifs is 2. The first-order chi connectivity index (χ1) is 17.1. The van der Waals surface area contributed by atoms with Crippen molar-refractivity contribution in [3.8, 4) is 0 Å². The van der Waals surface area contributed by atoms with Gasteiger partial charge in [0.25, 0.3) is 0 Å². The predicted octanol–water partition coefficient (Wildman–Crippen LogP) is 4.71. The van der Waals surface area contributed by atoms with E-state index in [-0.39, 0.29) is 0 Å². The number of carbonyl (C=O) groups is 1. The van der Waals surface area contributed by atoms with Gasteiger partial charge in [0.1, 0.15) is 5.65 Å². The minimum Gasteiger partial charge on any atom is -0.464 e. The normalized spacial score (nSPS) is 16.3. The monoisotopic (exact) mass is 490 g/mol. The van der Waals surface area contributed by atoms with E-state index in [1.54, 1.807) is 12.1 Å². The number of aromatic amines is 1. The van der Waals surface area contributed by atoms with Crippen molar-refractivity contribution in [2.45, 2.75) is 32.1 Å². The van der Waals surface area contributed by atoms with Crippen molar-refractivity contribution >= 4 is 51.1 Å². The molecule has 1 N–H and O–H groups in total. The second-order valence-corrected chi connectivity index (χ2v) is 9.67. The summed E-state index contributed by atoms with van der Waals surface area (Å²) >= 11 is 6.29. The highest BCUT2D eigenvalue weighted by molar-refractivity contribution is 6.31. The molecule has 1 aromatic carbocycles. The Balaban J connectivity index is 1.27. The third-order valence-electron chi connectivity index (χ3n) is 7.05.